The minimum atomic E-state index is -4.46. The zero-order chi connectivity index (χ0) is 24.6. The number of fused-ring (bicyclic) bond motifs is 1. The van der Waals surface area contributed by atoms with E-state index in [9.17, 15) is 18.0 Å². The van der Waals surface area contributed by atoms with Crippen LogP contribution in [0.4, 0.5) is 13.2 Å². The highest BCUT2D eigenvalue weighted by Crippen LogP contribution is 2.34. The summed E-state index contributed by atoms with van der Waals surface area (Å²) in [6.07, 6.45) is -4.34. The maximum Gasteiger partial charge on any atom is 0.416 e. The van der Waals surface area contributed by atoms with Gasteiger partial charge in [-0.05, 0) is 42.3 Å². The third-order valence-electron chi connectivity index (χ3n) is 5.99. The zero-order valence-electron chi connectivity index (χ0n) is 18.3. The quantitative estimate of drug-likeness (QED) is 0.524. The average molecular weight is 515 g/mol. The van der Waals surface area contributed by atoms with Crippen molar-refractivity contribution in [2.45, 2.75) is 19.5 Å². The number of hydrogen-bond donors (Lipinski definition) is 2. The Labute approximate surface area is 204 Å². The Balaban J connectivity index is 1.60. The van der Waals surface area contributed by atoms with Gasteiger partial charge in [-0.2, -0.15) is 13.2 Å². The molecule has 0 aliphatic carbocycles. The second-order valence-corrected chi connectivity index (χ2v) is 9.08. The number of alkyl halides is 3. The third kappa shape index (κ3) is 5.02. The fourth-order valence-electron chi connectivity index (χ4n) is 4.17. The molecule has 1 aliphatic rings. The average Bonchev–Trinajstić information content (AvgIpc) is 3.20. The summed E-state index contributed by atoms with van der Waals surface area (Å²) < 4.78 is 39.5. The molecule has 2 aromatic carbocycles. The van der Waals surface area contributed by atoms with Crippen LogP contribution in [0.3, 0.4) is 0 Å². The summed E-state index contributed by atoms with van der Waals surface area (Å²) in [6.45, 7) is 4.54. The van der Waals surface area contributed by atoms with Crippen LogP contribution >= 0.6 is 23.2 Å². The van der Waals surface area contributed by atoms with E-state index in [1.807, 2.05) is 0 Å². The molecule has 2 N–H and O–H groups in total. The summed E-state index contributed by atoms with van der Waals surface area (Å²) in [4.78, 5) is 24.3. The molecule has 0 radical (unpaired) electrons. The second-order valence-electron chi connectivity index (χ2n) is 8.29. The van der Waals surface area contributed by atoms with Crippen molar-refractivity contribution in [3.05, 3.63) is 62.4 Å². The standard InChI is InChI=1S/C23H23Cl2F3N4O2/c1-13-10-14(23(26,27)28)11-18-21(13)30-19(29-18)12-16-17(24)3-2-15(20(16)25)22(34)32-6-4-31(5-7-32)8-9-33/h2-3,10-11,33H,4-9,12H2,1H3,(H,29,30). The van der Waals surface area contributed by atoms with E-state index in [1.165, 1.54) is 0 Å². The number of hydrogen-bond acceptors (Lipinski definition) is 4. The van der Waals surface area contributed by atoms with Crippen molar-refractivity contribution in [1.29, 1.82) is 0 Å². The molecule has 0 spiro atoms. The lowest BCUT2D eigenvalue weighted by molar-refractivity contribution is -0.137. The van der Waals surface area contributed by atoms with Crippen molar-refractivity contribution in [3.63, 3.8) is 0 Å². The summed E-state index contributed by atoms with van der Waals surface area (Å²) in [6, 6.07) is 5.26. The van der Waals surface area contributed by atoms with Gasteiger partial charge in [-0.3, -0.25) is 9.69 Å². The molecular weight excluding hydrogens is 492 g/mol. The summed E-state index contributed by atoms with van der Waals surface area (Å²) in [5, 5.41) is 9.62. The van der Waals surface area contributed by atoms with Gasteiger partial charge in [-0.15, -0.1) is 0 Å². The highest BCUT2D eigenvalue weighted by atomic mass is 35.5. The number of carbonyl (C=O) groups excluding carboxylic acids is 1. The lowest BCUT2D eigenvalue weighted by Gasteiger charge is -2.34. The van der Waals surface area contributed by atoms with Gasteiger partial charge in [0, 0.05) is 44.2 Å². The lowest BCUT2D eigenvalue weighted by Crippen LogP contribution is -2.49. The SMILES string of the molecule is Cc1cc(C(F)(F)F)cc2[nH]c(Cc3c(Cl)ccc(C(=O)N4CCN(CCO)CC4)c3Cl)nc12. The van der Waals surface area contributed by atoms with Crippen LogP contribution in [-0.4, -0.2) is 70.1 Å². The third-order valence-corrected chi connectivity index (χ3v) is 6.78. The topological polar surface area (TPSA) is 72.5 Å². The molecule has 0 atom stereocenters. The van der Waals surface area contributed by atoms with Crippen molar-refractivity contribution in [3.8, 4) is 0 Å². The predicted molar refractivity (Wildman–Crippen MR) is 125 cm³/mol. The number of imidazole rings is 1. The van der Waals surface area contributed by atoms with E-state index in [4.69, 9.17) is 28.3 Å². The molecule has 0 saturated carbocycles. The Morgan fingerprint density at radius 2 is 1.88 bits per heavy atom. The number of H-pyrrole nitrogens is 1. The van der Waals surface area contributed by atoms with Gasteiger partial charge in [0.1, 0.15) is 5.82 Å². The lowest BCUT2D eigenvalue weighted by atomic mass is 10.1. The van der Waals surface area contributed by atoms with E-state index in [1.54, 1.807) is 24.0 Å². The number of benzene rings is 2. The van der Waals surface area contributed by atoms with Gasteiger partial charge in [0.05, 0.1) is 33.8 Å². The monoisotopic (exact) mass is 514 g/mol. The number of piperazine rings is 1. The number of aromatic amines is 1. The number of β-amino-alcohol motifs (C(OH)–C–C–N with tert-alkyl or cyclic N) is 1. The number of carbonyl (C=O) groups is 1. The molecule has 182 valence electrons. The smallest absolute Gasteiger partial charge is 0.395 e. The Kier molecular flexibility index (Phi) is 7.09. The first-order valence-electron chi connectivity index (χ1n) is 10.7. The van der Waals surface area contributed by atoms with Gasteiger partial charge in [0.15, 0.2) is 0 Å². The van der Waals surface area contributed by atoms with Crippen molar-refractivity contribution >= 4 is 40.1 Å². The normalized spacial score (nSPS) is 15.3. The van der Waals surface area contributed by atoms with Crippen LogP contribution in [0.15, 0.2) is 24.3 Å². The highest BCUT2D eigenvalue weighted by molar-refractivity contribution is 6.38. The first kappa shape index (κ1) is 24.8. The first-order chi connectivity index (χ1) is 16.1. The number of nitrogens with one attached hydrogen (secondary N) is 1. The molecule has 1 amide bonds. The fraction of sp³-hybridized carbons (Fsp3) is 0.391. The Morgan fingerprint density at radius 3 is 2.53 bits per heavy atom. The van der Waals surface area contributed by atoms with Gasteiger partial charge in [-0.1, -0.05) is 23.2 Å². The van der Waals surface area contributed by atoms with Crippen LogP contribution in [0.2, 0.25) is 10.0 Å². The van der Waals surface area contributed by atoms with Gasteiger partial charge in [-0.25, -0.2) is 4.98 Å². The van der Waals surface area contributed by atoms with E-state index >= 15 is 0 Å². The molecule has 1 aromatic heterocycles. The first-order valence-corrected chi connectivity index (χ1v) is 11.5. The van der Waals surface area contributed by atoms with Crippen LogP contribution in [0.1, 0.15) is 32.9 Å². The molecule has 4 rings (SSSR count). The Hall–Kier alpha value is -2.33. The van der Waals surface area contributed by atoms with Gasteiger partial charge in [0.2, 0.25) is 0 Å². The van der Waals surface area contributed by atoms with Gasteiger partial charge >= 0.3 is 6.18 Å². The number of halogens is 5. The zero-order valence-corrected chi connectivity index (χ0v) is 19.9. The molecule has 3 aromatic rings. The van der Waals surface area contributed by atoms with Crippen LogP contribution in [0, 0.1) is 6.92 Å². The van der Waals surface area contributed by atoms with Crippen molar-refractivity contribution < 1.29 is 23.1 Å². The number of aromatic nitrogens is 2. The molecule has 11 heteroatoms. The van der Waals surface area contributed by atoms with Crippen LogP contribution in [0.25, 0.3) is 11.0 Å². The van der Waals surface area contributed by atoms with Crippen molar-refractivity contribution in [2.75, 3.05) is 39.3 Å². The summed E-state index contributed by atoms with van der Waals surface area (Å²) in [7, 11) is 0. The highest BCUT2D eigenvalue weighted by Gasteiger charge is 2.31. The molecule has 34 heavy (non-hydrogen) atoms. The second kappa shape index (κ2) is 9.73. The van der Waals surface area contributed by atoms with Gasteiger partial charge in [0.25, 0.3) is 5.91 Å². The van der Waals surface area contributed by atoms with E-state index < -0.39 is 11.7 Å². The van der Waals surface area contributed by atoms with Crippen LogP contribution in [-0.2, 0) is 12.6 Å². The Morgan fingerprint density at radius 1 is 1.18 bits per heavy atom. The number of aryl methyl sites for hydroxylation is 1. The maximum absolute atomic E-state index is 13.2. The fourth-order valence-corrected chi connectivity index (χ4v) is 4.75. The minimum absolute atomic E-state index is 0.0686. The molecular formula is C23H23Cl2F3N4O2. The number of nitrogens with zero attached hydrogens (tertiary/aromatic N) is 3. The molecule has 1 fully saturated rings. The minimum Gasteiger partial charge on any atom is -0.395 e. The number of aliphatic hydroxyl groups excluding tert-OH is 1. The summed E-state index contributed by atoms with van der Waals surface area (Å²) >= 11 is 13.0. The number of aliphatic hydroxyl groups is 1. The molecule has 0 bridgehead atoms. The maximum atomic E-state index is 13.2. The number of amides is 1. The molecule has 1 aliphatic heterocycles. The van der Waals surface area contributed by atoms with E-state index in [0.717, 1.165) is 12.1 Å². The number of rotatable bonds is 5. The molecule has 6 nitrogen and oxygen atoms in total. The Bertz CT molecular complexity index is 1220. The van der Waals surface area contributed by atoms with E-state index in [0.29, 0.717) is 65.8 Å². The summed E-state index contributed by atoms with van der Waals surface area (Å²) in [5.41, 5.74) is 1.12. The molecule has 0 unspecified atom stereocenters. The van der Waals surface area contributed by atoms with E-state index in [-0.39, 0.29) is 29.5 Å². The van der Waals surface area contributed by atoms with Crippen LogP contribution in [0.5, 0.6) is 0 Å². The largest absolute Gasteiger partial charge is 0.416 e. The molecule has 1 saturated heterocycles. The van der Waals surface area contributed by atoms with Crippen molar-refractivity contribution in [1.82, 2.24) is 19.8 Å². The summed E-state index contributed by atoms with van der Waals surface area (Å²) in [5.74, 6) is 0.172. The van der Waals surface area contributed by atoms with Gasteiger partial charge < -0.3 is 15.0 Å². The van der Waals surface area contributed by atoms with Crippen LogP contribution < -0.4 is 0 Å². The predicted octanol–water partition coefficient (Wildman–Crippen LogP) is 4.54. The molecule has 2 heterocycles. The van der Waals surface area contributed by atoms with E-state index in [2.05, 4.69) is 14.9 Å². The van der Waals surface area contributed by atoms with Crippen molar-refractivity contribution in [2.24, 2.45) is 0 Å².